The van der Waals surface area contributed by atoms with Crippen molar-refractivity contribution in [1.29, 1.82) is 0 Å². The van der Waals surface area contributed by atoms with E-state index in [0.29, 0.717) is 10.4 Å². The number of halogens is 1. The number of rotatable bonds is 0. The smallest absolute Gasteiger partial charge is 0.0669 e. The first-order chi connectivity index (χ1) is 6.20. The van der Waals surface area contributed by atoms with Crippen molar-refractivity contribution in [3.8, 4) is 5.88 Å². The van der Waals surface area contributed by atoms with Crippen LogP contribution in [0.25, 0.3) is 10.8 Å². The number of fused-ring (bicyclic) bond motifs is 1. The van der Waals surface area contributed by atoms with Gasteiger partial charge in [-0.2, -0.15) is 0 Å². The van der Waals surface area contributed by atoms with Gasteiger partial charge in [0.05, 0.1) is 5.02 Å². The van der Waals surface area contributed by atoms with Gasteiger partial charge in [0.15, 0.2) is 0 Å². The molecule has 0 aliphatic heterocycles. The van der Waals surface area contributed by atoms with Crippen molar-refractivity contribution < 1.29 is 5.11 Å². The second-order valence-corrected chi connectivity index (χ2v) is 3.32. The highest BCUT2D eigenvalue weighted by Gasteiger charge is 2.02. The Balaban J connectivity index is 3.00. The van der Waals surface area contributed by atoms with Crippen LogP contribution < -0.4 is 5.11 Å². The number of hydrogen-bond donors (Lipinski definition) is 0. The number of aryl methyl sites for hydroxylation is 1. The van der Waals surface area contributed by atoms with Crippen LogP contribution in [0.4, 0.5) is 0 Å². The molecule has 0 unspecified atom stereocenters. The van der Waals surface area contributed by atoms with Gasteiger partial charge in [0.2, 0.25) is 0 Å². The van der Waals surface area contributed by atoms with E-state index in [4.69, 9.17) is 11.6 Å². The molecule has 1 heterocycles. The summed E-state index contributed by atoms with van der Waals surface area (Å²) in [5.74, 6) is -0.219. The topological polar surface area (TPSA) is 36.0 Å². The molecule has 1 aromatic carbocycles. The maximum Gasteiger partial charge on any atom is 0.0669 e. The van der Waals surface area contributed by atoms with Gasteiger partial charge in [0.1, 0.15) is 0 Å². The van der Waals surface area contributed by atoms with E-state index in [1.165, 1.54) is 6.20 Å². The van der Waals surface area contributed by atoms with E-state index in [1.807, 2.05) is 19.1 Å². The lowest BCUT2D eigenvalue weighted by atomic mass is 10.1. The first-order valence-corrected chi connectivity index (χ1v) is 4.29. The van der Waals surface area contributed by atoms with Gasteiger partial charge in [-0.3, -0.25) is 4.98 Å². The predicted octanol–water partition coefficient (Wildman–Crippen LogP) is 2.27. The second-order valence-electron chi connectivity index (χ2n) is 2.91. The monoisotopic (exact) mass is 192 g/mol. The van der Waals surface area contributed by atoms with E-state index in [0.717, 1.165) is 10.9 Å². The zero-order chi connectivity index (χ0) is 9.42. The normalized spacial score (nSPS) is 10.6. The molecule has 0 spiro atoms. The number of benzene rings is 1. The van der Waals surface area contributed by atoms with Crippen LogP contribution in [0.15, 0.2) is 24.4 Å². The van der Waals surface area contributed by atoms with Crippen LogP contribution in [0.5, 0.6) is 5.88 Å². The minimum atomic E-state index is -0.219. The summed E-state index contributed by atoms with van der Waals surface area (Å²) in [5.41, 5.74) is 1.00. The van der Waals surface area contributed by atoms with Crippen LogP contribution in [-0.2, 0) is 0 Å². The molecule has 3 heteroatoms. The Morgan fingerprint density at radius 1 is 1.38 bits per heavy atom. The first-order valence-electron chi connectivity index (χ1n) is 3.91. The summed E-state index contributed by atoms with van der Waals surface area (Å²) in [4.78, 5) is 3.66. The maximum atomic E-state index is 11.3. The molecule has 0 radical (unpaired) electrons. The van der Waals surface area contributed by atoms with E-state index in [9.17, 15) is 5.11 Å². The molecular formula is C10H7ClNO-. The molecule has 0 fully saturated rings. The molecule has 0 bridgehead atoms. The molecule has 0 amide bonds. The van der Waals surface area contributed by atoms with Gasteiger partial charge in [0, 0.05) is 11.6 Å². The van der Waals surface area contributed by atoms with Gasteiger partial charge in [-0.1, -0.05) is 29.8 Å². The Labute approximate surface area is 80.8 Å². The van der Waals surface area contributed by atoms with E-state index >= 15 is 0 Å². The van der Waals surface area contributed by atoms with Gasteiger partial charge in [0.25, 0.3) is 0 Å². The van der Waals surface area contributed by atoms with Crippen LogP contribution >= 0.6 is 11.6 Å². The average molecular weight is 193 g/mol. The second kappa shape index (κ2) is 2.89. The molecule has 2 rings (SSSR count). The molecule has 2 aromatic rings. The summed E-state index contributed by atoms with van der Waals surface area (Å²) in [5, 5.41) is 13.2. The van der Waals surface area contributed by atoms with Crippen molar-refractivity contribution in [3.05, 3.63) is 35.0 Å². The number of pyridine rings is 1. The highest BCUT2D eigenvalue weighted by Crippen LogP contribution is 2.29. The van der Waals surface area contributed by atoms with Crippen molar-refractivity contribution in [2.75, 3.05) is 0 Å². The van der Waals surface area contributed by atoms with Crippen LogP contribution in [0.1, 0.15) is 5.56 Å². The molecule has 0 N–H and O–H groups in total. The fourth-order valence-electron chi connectivity index (χ4n) is 1.41. The van der Waals surface area contributed by atoms with Crippen LogP contribution in [0.2, 0.25) is 5.02 Å². The third-order valence-corrected chi connectivity index (χ3v) is 2.32. The number of nitrogens with zero attached hydrogens (tertiary/aromatic N) is 1. The van der Waals surface area contributed by atoms with Crippen molar-refractivity contribution in [2.24, 2.45) is 0 Å². The first kappa shape index (κ1) is 8.32. The van der Waals surface area contributed by atoms with Crippen LogP contribution in [0.3, 0.4) is 0 Å². The predicted molar refractivity (Wildman–Crippen MR) is 50.9 cm³/mol. The minimum Gasteiger partial charge on any atom is -0.858 e. The van der Waals surface area contributed by atoms with Crippen molar-refractivity contribution in [3.63, 3.8) is 0 Å². The third kappa shape index (κ3) is 1.23. The average Bonchev–Trinajstić information content (AvgIpc) is 2.12. The van der Waals surface area contributed by atoms with Gasteiger partial charge in [-0.05, 0) is 23.8 Å². The molecule has 0 aliphatic carbocycles. The summed E-state index contributed by atoms with van der Waals surface area (Å²) >= 11 is 5.93. The number of hydrogen-bond acceptors (Lipinski definition) is 2. The summed E-state index contributed by atoms with van der Waals surface area (Å²) < 4.78 is 0. The Morgan fingerprint density at radius 3 is 2.85 bits per heavy atom. The fraction of sp³-hybridized carbons (Fsp3) is 0.100. The number of aromatic nitrogens is 1. The van der Waals surface area contributed by atoms with Crippen LogP contribution in [-0.4, -0.2) is 4.98 Å². The SMILES string of the molecule is Cc1cccc2c([O-])ncc(Cl)c12. The van der Waals surface area contributed by atoms with Crippen molar-refractivity contribution >= 4 is 22.4 Å². The summed E-state index contributed by atoms with van der Waals surface area (Å²) in [6.45, 7) is 1.92. The van der Waals surface area contributed by atoms with Gasteiger partial charge < -0.3 is 5.11 Å². The maximum absolute atomic E-state index is 11.3. The summed E-state index contributed by atoms with van der Waals surface area (Å²) in [6, 6.07) is 5.49. The van der Waals surface area contributed by atoms with E-state index < -0.39 is 0 Å². The summed E-state index contributed by atoms with van der Waals surface area (Å²) in [6.07, 6.45) is 1.40. The molecule has 1 aromatic heterocycles. The molecule has 0 saturated heterocycles. The highest BCUT2D eigenvalue weighted by atomic mass is 35.5. The molecule has 0 atom stereocenters. The Bertz CT molecular complexity index is 459. The minimum absolute atomic E-state index is 0.219. The lowest BCUT2D eigenvalue weighted by molar-refractivity contribution is -0.272. The molecular weight excluding hydrogens is 186 g/mol. The zero-order valence-electron chi connectivity index (χ0n) is 7.04. The van der Waals surface area contributed by atoms with E-state index in [2.05, 4.69) is 4.98 Å². The van der Waals surface area contributed by atoms with Gasteiger partial charge >= 0.3 is 0 Å². The van der Waals surface area contributed by atoms with Crippen molar-refractivity contribution in [2.45, 2.75) is 6.92 Å². The third-order valence-electron chi connectivity index (χ3n) is 2.04. The van der Waals surface area contributed by atoms with Crippen LogP contribution in [0, 0.1) is 6.92 Å². The molecule has 2 nitrogen and oxygen atoms in total. The molecule has 13 heavy (non-hydrogen) atoms. The highest BCUT2D eigenvalue weighted by molar-refractivity contribution is 6.35. The fourth-order valence-corrected chi connectivity index (χ4v) is 1.71. The lowest BCUT2D eigenvalue weighted by Crippen LogP contribution is -1.95. The van der Waals surface area contributed by atoms with Gasteiger partial charge in [-0.25, -0.2) is 0 Å². The standard InChI is InChI=1S/C10H8ClNO/c1-6-3-2-4-7-9(6)8(11)5-12-10(7)13/h2-5H,1H3,(H,12,13)/p-1. The Kier molecular flexibility index (Phi) is 1.85. The Hall–Kier alpha value is -1.28. The Morgan fingerprint density at radius 2 is 2.15 bits per heavy atom. The molecule has 66 valence electrons. The van der Waals surface area contributed by atoms with Gasteiger partial charge in [-0.15, -0.1) is 0 Å². The summed E-state index contributed by atoms with van der Waals surface area (Å²) in [7, 11) is 0. The lowest BCUT2D eigenvalue weighted by Gasteiger charge is -2.11. The molecule has 0 saturated carbocycles. The quantitative estimate of drug-likeness (QED) is 0.642. The van der Waals surface area contributed by atoms with E-state index in [-0.39, 0.29) is 5.88 Å². The van der Waals surface area contributed by atoms with Crippen molar-refractivity contribution in [1.82, 2.24) is 4.98 Å². The molecule has 0 aliphatic rings. The zero-order valence-corrected chi connectivity index (χ0v) is 7.80. The van der Waals surface area contributed by atoms with E-state index in [1.54, 1.807) is 6.07 Å². The largest absolute Gasteiger partial charge is 0.858 e.